The van der Waals surface area contributed by atoms with Gasteiger partial charge in [-0.3, -0.25) is 4.79 Å². The standard InChI is InChI=1S/C9H6O3/c10-5-2-1-3-8-4-6-12-9(8)7-11/h4-7H,2H2. The van der Waals surface area contributed by atoms with Crippen LogP contribution in [0, 0.1) is 11.8 Å². The second-order valence-electron chi connectivity index (χ2n) is 1.99. The van der Waals surface area contributed by atoms with E-state index in [1.807, 2.05) is 0 Å². The van der Waals surface area contributed by atoms with E-state index >= 15 is 0 Å². The van der Waals surface area contributed by atoms with Gasteiger partial charge in [-0.25, -0.2) is 0 Å². The third-order valence-electron chi connectivity index (χ3n) is 1.21. The lowest BCUT2D eigenvalue weighted by Crippen LogP contribution is -1.78. The fraction of sp³-hybridized carbons (Fsp3) is 0.111. The van der Waals surface area contributed by atoms with Crippen LogP contribution in [0.3, 0.4) is 0 Å². The molecule has 0 fully saturated rings. The normalized spacial score (nSPS) is 8.33. The highest BCUT2D eigenvalue weighted by Crippen LogP contribution is 2.05. The average Bonchev–Trinajstić information content (AvgIpc) is 2.52. The third-order valence-corrected chi connectivity index (χ3v) is 1.21. The molecular formula is C9H6O3. The smallest absolute Gasteiger partial charge is 0.186 e. The lowest BCUT2D eigenvalue weighted by atomic mass is 10.2. The van der Waals surface area contributed by atoms with E-state index in [2.05, 4.69) is 11.8 Å². The molecule has 1 aromatic rings. The van der Waals surface area contributed by atoms with Gasteiger partial charge in [-0.05, 0) is 6.07 Å². The molecule has 0 spiro atoms. The zero-order valence-corrected chi connectivity index (χ0v) is 6.24. The Labute approximate surface area is 69.4 Å². The highest BCUT2D eigenvalue weighted by molar-refractivity contribution is 5.75. The second-order valence-corrected chi connectivity index (χ2v) is 1.99. The molecule has 0 N–H and O–H groups in total. The maximum atomic E-state index is 10.3. The summed E-state index contributed by atoms with van der Waals surface area (Å²) in [5.41, 5.74) is 0.520. The van der Waals surface area contributed by atoms with Crippen LogP contribution in [0.1, 0.15) is 22.5 Å². The number of hydrogen-bond donors (Lipinski definition) is 0. The van der Waals surface area contributed by atoms with E-state index in [-0.39, 0.29) is 12.2 Å². The van der Waals surface area contributed by atoms with Crippen LogP contribution in [0.25, 0.3) is 0 Å². The molecule has 0 bridgehead atoms. The van der Waals surface area contributed by atoms with E-state index in [1.54, 1.807) is 6.07 Å². The van der Waals surface area contributed by atoms with Crippen LogP contribution >= 0.6 is 0 Å². The van der Waals surface area contributed by atoms with Crippen molar-refractivity contribution in [2.45, 2.75) is 6.42 Å². The highest BCUT2D eigenvalue weighted by Gasteiger charge is 1.99. The van der Waals surface area contributed by atoms with Crippen molar-refractivity contribution in [1.82, 2.24) is 0 Å². The number of hydrogen-bond acceptors (Lipinski definition) is 3. The molecule has 0 aliphatic rings. The summed E-state index contributed by atoms with van der Waals surface area (Å²) in [7, 11) is 0. The first-order valence-electron chi connectivity index (χ1n) is 3.33. The van der Waals surface area contributed by atoms with Crippen LogP contribution < -0.4 is 0 Å². The second kappa shape index (κ2) is 4.14. The van der Waals surface area contributed by atoms with Crippen molar-refractivity contribution >= 4 is 12.6 Å². The molecule has 0 amide bonds. The zero-order valence-electron chi connectivity index (χ0n) is 6.24. The molecule has 0 saturated heterocycles. The summed E-state index contributed by atoms with van der Waals surface area (Å²) in [4.78, 5) is 20.2. The van der Waals surface area contributed by atoms with Gasteiger partial charge in [-0.2, -0.15) is 0 Å². The summed E-state index contributed by atoms with van der Waals surface area (Å²) in [6, 6.07) is 1.58. The Bertz CT molecular complexity index is 338. The SMILES string of the molecule is O=CCC#Cc1ccoc1C=O. The van der Waals surface area contributed by atoms with Gasteiger partial charge >= 0.3 is 0 Å². The molecule has 3 heteroatoms. The van der Waals surface area contributed by atoms with Crippen LogP contribution in [-0.2, 0) is 4.79 Å². The van der Waals surface area contributed by atoms with Gasteiger partial charge in [-0.1, -0.05) is 11.8 Å². The average molecular weight is 162 g/mol. The van der Waals surface area contributed by atoms with Crippen LogP contribution in [0.15, 0.2) is 16.7 Å². The third kappa shape index (κ3) is 1.83. The van der Waals surface area contributed by atoms with E-state index in [1.165, 1.54) is 6.26 Å². The number of aldehydes is 2. The number of carbonyl (C=O) groups excluding carboxylic acids is 2. The molecule has 1 aromatic heterocycles. The minimum absolute atomic E-state index is 0.170. The summed E-state index contributed by atoms with van der Waals surface area (Å²) in [5, 5.41) is 0. The lowest BCUT2D eigenvalue weighted by Gasteiger charge is -1.80. The van der Waals surface area contributed by atoms with Gasteiger partial charge in [0.15, 0.2) is 12.0 Å². The Kier molecular flexibility index (Phi) is 2.86. The molecule has 3 nitrogen and oxygen atoms in total. The minimum Gasteiger partial charge on any atom is -0.460 e. The van der Waals surface area contributed by atoms with E-state index in [0.29, 0.717) is 18.1 Å². The van der Waals surface area contributed by atoms with Crippen LogP contribution in [-0.4, -0.2) is 12.6 Å². The maximum Gasteiger partial charge on any atom is 0.186 e. The Balaban J connectivity index is 2.82. The molecule has 12 heavy (non-hydrogen) atoms. The number of rotatable bonds is 2. The summed E-state index contributed by atoms with van der Waals surface area (Å²) < 4.78 is 4.79. The highest BCUT2D eigenvalue weighted by atomic mass is 16.3. The Morgan fingerprint density at radius 3 is 3.00 bits per heavy atom. The van der Waals surface area contributed by atoms with Crippen molar-refractivity contribution in [2.24, 2.45) is 0 Å². The maximum absolute atomic E-state index is 10.3. The molecule has 0 atom stereocenters. The number of carbonyl (C=O) groups is 2. The molecular weight excluding hydrogens is 156 g/mol. The van der Waals surface area contributed by atoms with Gasteiger partial charge < -0.3 is 9.21 Å². The van der Waals surface area contributed by atoms with Crippen molar-refractivity contribution in [3.63, 3.8) is 0 Å². The topological polar surface area (TPSA) is 47.3 Å². The van der Waals surface area contributed by atoms with Crippen LogP contribution in [0.2, 0.25) is 0 Å². The van der Waals surface area contributed by atoms with Crippen molar-refractivity contribution in [3.05, 3.63) is 23.7 Å². The van der Waals surface area contributed by atoms with Gasteiger partial charge in [0, 0.05) is 0 Å². The Morgan fingerprint density at radius 1 is 1.50 bits per heavy atom. The fourth-order valence-electron chi connectivity index (χ4n) is 0.703. The molecule has 1 heterocycles. The van der Waals surface area contributed by atoms with Gasteiger partial charge in [-0.15, -0.1) is 0 Å². The first-order chi connectivity index (χ1) is 5.88. The van der Waals surface area contributed by atoms with Crippen LogP contribution in [0.5, 0.6) is 0 Å². The van der Waals surface area contributed by atoms with Crippen molar-refractivity contribution in [3.8, 4) is 11.8 Å². The van der Waals surface area contributed by atoms with Crippen molar-refractivity contribution < 1.29 is 14.0 Å². The van der Waals surface area contributed by atoms with Crippen LogP contribution in [0.4, 0.5) is 0 Å². The first-order valence-corrected chi connectivity index (χ1v) is 3.33. The van der Waals surface area contributed by atoms with Crippen molar-refractivity contribution in [2.75, 3.05) is 0 Å². The lowest BCUT2D eigenvalue weighted by molar-refractivity contribution is -0.107. The molecule has 0 saturated carbocycles. The van der Waals surface area contributed by atoms with E-state index in [4.69, 9.17) is 4.42 Å². The van der Waals surface area contributed by atoms with Gasteiger partial charge in [0.05, 0.1) is 18.2 Å². The fourth-order valence-corrected chi connectivity index (χ4v) is 0.703. The quantitative estimate of drug-likeness (QED) is 0.482. The molecule has 60 valence electrons. The van der Waals surface area contributed by atoms with Gasteiger partial charge in [0.1, 0.15) is 6.29 Å². The molecule has 0 aromatic carbocycles. The molecule has 0 aliphatic carbocycles. The van der Waals surface area contributed by atoms with Gasteiger partial charge in [0.2, 0.25) is 0 Å². The van der Waals surface area contributed by atoms with E-state index < -0.39 is 0 Å². The van der Waals surface area contributed by atoms with E-state index in [9.17, 15) is 9.59 Å². The summed E-state index contributed by atoms with van der Waals surface area (Å²) in [6.45, 7) is 0. The predicted octanol–water partition coefficient (Wildman–Crippen LogP) is 1.03. The first kappa shape index (κ1) is 8.28. The molecule has 1 rings (SSSR count). The summed E-state index contributed by atoms with van der Waals surface area (Å²) in [5.74, 6) is 5.42. The Morgan fingerprint density at radius 2 is 2.33 bits per heavy atom. The summed E-state index contributed by atoms with van der Waals surface area (Å²) >= 11 is 0. The van der Waals surface area contributed by atoms with Crippen molar-refractivity contribution in [1.29, 1.82) is 0 Å². The summed E-state index contributed by atoms with van der Waals surface area (Å²) in [6.07, 6.45) is 2.84. The number of furan rings is 1. The van der Waals surface area contributed by atoms with E-state index in [0.717, 1.165) is 0 Å². The monoisotopic (exact) mass is 162 g/mol. The molecule has 0 aliphatic heterocycles. The zero-order chi connectivity index (χ0) is 8.81. The minimum atomic E-state index is 0.170. The predicted molar refractivity (Wildman–Crippen MR) is 41.7 cm³/mol. The van der Waals surface area contributed by atoms with Gasteiger partial charge in [0.25, 0.3) is 0 Å². The molecule has 0 radical (unpaired) electrons. The largest absolute Gasteiger partial charge is 0.460 e. The molecule has 0 unspecified atom stereocenters. The Hall–Kier alpha value is -1.82.